The number of carboxylic acids is 1. The lowest BCUT2D eigenvalue weighted by atomic mass is 10.0. The topological polar surface area (TPSA) is 49.3 Å². The second-order valence-corrected chi connectivity index (χ2v) is 3.58. The van der Waals surface area contributed by atoms with Crippen molar-refractivity contribution in [3.8, 4) is 0 Å². The number of benzene rings is 2. The molecule has 0 saturated carbocycles. The Morgan fingerprint density at radius 3 is 2.44 bits per heavy atom. The van der Waals surface area contributed by atoms with Gasteiger partial charge in [-0.2, -0.15) is 0 Å². The van der Waals surface area contributed by atoms with Crippen LogP contribution in [0.5, 0.6) is 0 Å². The van der Waals surface area contributed by atoms with Crippen molar-refractivity contribution < 1.29 is 9.90 Å². The fourth-order valence-corrected chi connectivity index (χ4v) is 1.75. The summed E-state index contributed by atoms with van der Waals surface area (Å²) in [4.78, 5) is 11.1. The predicted octanol–water partition coefficient (Wildman–Crippen LogP) is 2.97. The molecule has 0 radical (unpaired) electrons. The molecule has 0 heterocycles. The fraction of sp³-hybridized carbons (Fsp3) is 0.154. The monoisotopic (exact) mass is 215 g/mol. The van der Waals surface area contributed by atoms with E-state index in [0.29, 0.717) is 17.8 Å². The molecule has 0 amide bonds. The normalized spacial score (nSPS) is 10.3. The summed E-state index contributed by atoms with van der Waals surface area (Å²) >= 11 is 0. The molecule has 3 nitrogen and oxygen atoms in total. The first-order chi connectivity index (χ1) is 7.72. The summed E-state index contributed by atoms with van der Waals surface area (Å²) in [5, 5.41) is 14.2. The zero-order valence-corrected chi connectivity index (χ0v) is 9.03. The summed E-state index contributed by atoms with van der Waals surface area (Å²) in [5.41, 5.74) is 0.995. The number of fused-ring (bicyclic) bond motifs is 1. The molecule has 82 valence electrons. The number of anilines is 1. The third-order valence-corrected chi connectivity index (χ3v) is 2.48. The third kappa shape index (κ3) is 1.84. The summed E-state index contributed by atoms with van der Waals surface area (Å²) < 4.78 is 0. The first-order valence-corrected chi connectivity index (χ1v) is 5.22. The molecule has 0 saturated heterocycles. The van der Waals surface area contributed by atoms with Gasteiger partial charge in [0.05, 0.1) is 5.56 Å². The molecule has 0 aliphatic carbocycles. The number of carbonyl (C=O) groups is 1. The van der Waals surface area contributed by atoms with Gasteiger partial charge < -0.3 is 10.4 Å². The summed E-state index contributed by atoms with van der Waals surface area (Å²) in [6.45, 7) is 2.65. The summed E-state index contributed by atoms with van der Waals surface area (Å²) in [6.07, 6.45) is 0. The highest BCUT2D eigenvalue weighted by Gasteiger charge is 2.10. The van der Waals surface area contributed by atoms with E-state index in [2.05, 4.69) is 5.32 Å². The molecule has 0 aliphatic heterocycles. The van der Waals surface area contributed by atoms with Crippen LogP contribution in [0.4, 0.5) is 5.69 Å². The van der Waals surface area contributed by atoms with E-state index in [1.807, 2.05) is 37.3 Å². The Morgan fingerprint density at radius 2 is 1.88 bits per heavy atom. The number of nitrogens with one attached hydrogen (secondary N) is 1. The molecule has 0 aliphatic rings. The van der Waals surface area contributed by atoms with E-state index in [1.165, 1.54) is 0 Å². The Bertz CT molecular complexity index is 534. The van der Waals surface area contributed by atoms with E-state index in [9.17, 15) is 4.79 Å². The quantitative estimate of drug-likeness (QED) is 0.827. The van der Waals surface area contributed by atoms with Crippen LogP contribution in [0.1, 0.15) is 17.3 Å². The highest BCUT2D eigenvalue weighted by atomic mass is 16.4. The zero-order valence-electron chi connectivity index (χ0n) is 9.03. The fourth-order valence-electron chi connectivity index (χ4n) is 1.75. The maximum atomic E-state index is 11.1. The molecule has 0 aromatic heterocycles. The molecule has 0 atom stereocenters. The first-order valence-electron chi connectivity index (χ1n) is 5.22. The molecule has 2 N–H and O–H groups in total. The molecular formula is C13H13NO2. The molecule has 2 aromatic carbocycles. The van der Waals surface area contributed by atoms with Crippen LogP contribution in [-0.4, -0.2) is 17.6 Å². The lowest BCUT2D eigenvalue weighted by molar-refractivity contribution is 0.0698. The standard InChI is InChI=1S/C13H13NO2/c1-2-14-12-8-10-6-4-3-5-9(10)7-11(12)13(15)16/h3-8,14H,2H2,1H3,(H,15,16). The Hall–Kier alpha value is -2.03. The molecule has 0 bridgehead atoms. The second-order valence-electron chi connectivity index (χ2n) is 3.58. The van der Waals surface area contributed by atoms with Crippen LogP contribution in [0.3, 0.4) is 0 Å². The summed E-state index contributed by atoms with van der Waals surface area (Å²) in [6, 6.07) is 11.3. The average molecular weight is 215 g/mol. The van der Waals surface area contributed by atoms with Gasteiger partial charge in [0, 0.05) is 12.2 Å². The van der Waals surface area contributed by atoms with E-state index in [4.69, 9.17) is 5.11 Å². The predicted molar refractivity (Wildman–Crippen MR) is 65.1 cm³/mol. The van der Waals surface area contributed by atoms with Crippen molar-refractivity contribution in [1.82, 2.24) is 0 Å². The lowest BCUT2D eigenvalue weighted by Gasteiger charge is -2.09. The van der Waals surface area contributed by atoms with Gasteiger partial charge in [0.15, 0.2) is 0 Å². The third-order valence-electron chi connectivity index (χ3n) is 2.48. The molecule has 0 fully saturated rings. The molecule has 2 aromatic rings. The molecule has 16 heavy (non-hydrogen) atoms. The van der Waals surface area contributed by atoms with E-state index >= 15 is 0 Å². The van der Waals surface area contributed by atoms with E-state index < -0.39 is 5.97 Å². The van der Waals surface area contributed by atoms with Gasteiger partial charge >= 0.3 is 5.97 Å². The maximum Gasteiger partial charge on any atom is 0.337 e. The van der Waals surface area contributed by atoms with Crippen molar-refractivity contribution in [1.29, 1.82) is 0 Å². The van der Waals surface area contributed by atoms with Crippen LogP contribution >= 0.6 is 0 Å². The van der Waals surface area contributed by atoms with Crippen molar-refractivity contribution in [3.63, 3.8) is 0 Å². The molecule has 0 unspecified atom stereocenters. The van der Waals surface area contributed by atoms with Gasteiger partial charge in [-0.05, 0) is 29.8 Å². The van der Waals surface area contributed by atoms with Crippen molar-refractivity contribution in [2.45, 2.75) is 6.92 Å². The van der Waals surface area contributed by atoms with E-state index in [0.717, 1.165) is 10.8 Å². The molecule has 3 heteroatoms. The van der Waals surface area contributed by atoms with Gasteiger partial charge in [-0.3, -0.25) is 0 Å². The van der Waals surface area contributed by atoms with Gasteiger partial charge in [-0.1, -0.05) is 24.3 Å². The second kappa shape index (κ2) is 4.23. The highest BCUT2D eigenvalue weighted by Crippen LogP contribution is 2.24. The number of hydrogen-bond acceptors (Lipinski definition) is 2. The highest BCUT2D eigenvalue weighted by molar-refractivity contribution is 6.00. The molecule has 2 rings (SSSR count). The van der Waals surface area contributed by atoms with Gasteiger partial charge in [0.25, 0.3) is 0 Å². The van der Waals surface area contributed by atoms with Gasteiger partial charge in [0.1, 0.15) is 0 Å². The van der Waals surface area contributed by atoms with Crippen molar-refractivity contribution in [3.05, 3.63) is 42.0 Å². The number of carboxylic acid groups (broad SMARTS) is 1. The van der Waals surface area contributed by atoms with Crippen LogP contribution in [0.25, 0.3) is 10.8 Å². The largest absolute Gasteiger partial charge is 0.478 e. The minimum atomic E-state index is -0.901. The minimum absolute atomic E-state index is 0.320. The molecule has 0 spiro atoms. The Morgan fingerprint density at radius 1 is 1.25 bits per heavy atom. The summed E-state index contributed by atoms with van der Waals surface area (Å²) in [5.74, 6) is -0.901. The Kier molecular flexibility index (Phi) is 2.77. The van der Waals surface area contributed by atoms with Crippen LogP contribution < -0.4 is 5.32 Å². The SMILES string of the molecule is CCNc1cc2ccccc2cc1C(=O)O. The van der Waals surface area contributed by atoms with Gasteiger partial charge in [0.2, 0.25) is 0 Å². The van der Waals surface area contributed by atoms with Crippen LogP contribution in [-0.2, 0) is 0 Å². The van der Waals surface area contributed by atoms with E-state index in [-0.39, 0.29) is 0 Å². The van der Waals surface area contributed by atoms with E-state index in [1.54, 1.807) is 6.07 Å². The Labute approximate surface area is 93.7 Å². The zero-order chi connectivity index (χ0) is 11.5. The van der Waals surface area contributed by atoms with Gasteiger partial charge in [-0.15, -0.1) is 0 Å². The number of aromatic carboxylic acids is 1. The Balaban J connectivity index is 2.65. The van der Waals surface area contributed by atoms with Crippen LogP contribution in [0, 0.1) is 0 Å². The average Bonchev–Trinajstić information content (AvgIpc) is 2.28. The van der Waals surface area contributed by atoms with Gasteiger partial charge in [-0.25, -0.2) is 4.79 Å². The minimum Gasteiger partial charge on any atom is -0.478 e. The van der Waals surface area contributed by atoms with Crippen molar-refractivity contribution >= 4 is 22.4 Å². The molecular weight excluding hydrogens is 202 g/mol. The smallest absolute Gasteiger partial charge is 0.337 e. The van der Waals surface area contributed by atoms with Crippen molar-refractivity contribution in [2.75, 3.05) is 11.9 Å². The number of rotatable bonds is 3. The maximum absolute atomic E-state index is 11.1. The van der Waals surface area contributed by atoms with Crippen LogP contribution in [0.2, 0.25) is 0 Å². The first kappa shape index (κ1) is 10.5. The summed E-state index contributed by atoms with van der Waals surface area (Å²) in [7, 11) is 0. The van der Waals surface area contributed by atoms with Crippen molar-refractivity contribution in [2.24, 2.45) is 0 Å². The number of hydrogen-bond donors (Lipinski definition) is 2. The lowest BCUT2D eigenvalue weighted by Crippen LogP contribution is -2.05. The van der Waals surface area contributed by atoms with Crippen LogP contribution in [0.15, 0.2) is 36.4 Å².